The Morgan fingerprint density at radius 3 is 2.60 bits per heavy atom. The summed E-state index contributed by atoms with van der Waals surface area (Å²) in [6, 6.07) is 9.90. The number of ketones is 1. The summed E-state index contributed by atoms with van der Waals surface area (Å²) in [5.41, 5.74) is -0.0329. The fraction of sp³-hybridized carbons (Fsp3) is 0. The Kier molecular flexibility index (Phi) is 3.03. The molecule has 100 valence electrons. The highest BCUT2D eigenvalue weighted by Gasteiger charge is 2.20. The van der Waals surface area contributed by atoms with E-state index in [2.05, 4.69) is 0 Å². The largest absolute Gasteiger partial charge is 0.451 e. The van der Waals surface area contributed by atoms with Crippen LogP contribution in [0.1, 0.15) is 16.1 Å². The van der Waals surface area contributed by atoms with Crippen LogP contribution in [0.4, 0.5) is 8.78 Å². The Balaban J connectivity index is 2.13. The third kappa shape index (κ3) is 1.98. The Morgan fingerprint density at radius 2 is 1.85 bits per heavy atom. The van der Waals surface area contributed by atoms with Crippen LogP contribution in [0.5, 0.6) is 0 Å². The minimum absolute atomic E-state index is 0.0856. The molecular formula is C15H7ClF2O2. The first-order valence-electron chi connectivity index (χ1n) is 5.74. The molecule has 0 radical (unpaired) electrons. The zero-order valence-corrected chi connectivity index (χ0v) is 10.7. The predicted octanol–water partition coefficient (Wildman–Crippen LogP) is 4.60. The van der Waals surface area contributed by atoms with E-state index < -0.39 is 17.4 Å². The number of hydrogen-bond donors (Lipinski definition) is 0. The first kappa shape index (κ1) is 12.8. The van der Waals surface area contributed by atoms with Crippen LogP contribution in [-0.2, 0) is 0 Å². The SMILES string of the molecule is O=C(c1cc2cccc(Cl)c2o1)c1cccc(F)c1F. The molecule has 3 aromatic rings. The lowest BCUT2D eigenvalue weighted by atomic mass is 10.1. The average molecular weight is 293 g/mol. The molecule has 1 heterocycles. The lowest BCUT2D eigenvalue weighted by Gasteiger charge is -2.00. The first-order valence-corrected chi connectivity index (χ1v) is 6.12. The number of furan rings is 1. The Bertz CT molecular complexity index is 824. The molecule has 0 fully saturated rings. The molecule has 0 N–H and O–H groups in total. The van der Waals surface area contributed by atoms with Gasteiger partial charge in [0.2, 0.25) is 5.78 Å². The molecule has 0 saturated heterocycles. The molecular weight excluding hydrogens is 286 g/mol. The number of rotatable bonds is 2. The molecule has 0 atom stereocenters. The van der Waals surface area contributed by atoms with Crippen molar-refractivity contribution < 1.29 is 18.0 Å². The maximum absolute atomic E-state index is 13.6. The molecule has 0 aliphatic carbocycles. The zero-order valence-electron chi connectivity index (χ0n) is 9.99. The van der Waals surface area contributed by atoms with Gasteiger partial charge in [0.25, 0.3) is 0 Å². The maximum Gasteiger partial charge on any atom is 0.231 e. The summed E-state index contributed by atoms with van der Waals surface area (Å²) in [4.78, 5) is 12.2. The lowest BCUT2D eigenvalue weighted by Crippen LogP contribution is -2.04. The molecule has 0 saturated carbocycles. The highest BCUT2D eigenvalue weighted by molar-refractivity contribution is 6.35. The smallest absolute Gasteiger partial charge is 0.231 e. The van der Waals surface area contributed by atoms with E-state index in [4.69, 9.17) is 16.0 Å². The van der Waals surface area contributed by atoms with Crippen molar-refractivity contribution in [2.24, 2.45) is 0 Å². The highest BCUT2D eigenvalue weighted by Crippen LogP contribution is 2.28. The number of halogens is 3. The quantitative estimate of drug-likeness (QED) is 0.646. The van der Waals surface area contributed by atoms with E-state index >= 15 is 0 Å². The third-order valence-corrected chi connectivity index (χ3v) is 3.21. The second-order valence-electron chi connectivity index (χ2n) is 4.20. The lowest BCUT2D eigenvalue weighted by molar-refractivity contribution is 0.101. The fourth-order valence-corrected chi connectivity index (χ4v) is 2.17. The molecule has 0 aliphatic rings. The van der Waals surface area contributed by atoms with E-state index in [0.29, 0.717) is 16.0 Å². The van der Waals surface area contributed by atoms with Crippen LogP contribution in [0.3, 0.4) is 0 Å². The average Bonchev–Trinajstić information content (AvgIpc) is 2.87. The van der Waals surface area contributed by atoms with Crippen LogP contribution in [0, 0.1) is 11.6 Å². The van der Waals surface area contributed by atoms with Gasteiger partial charge in [-0.15, -0.1) is 0 Å². The van der Waals surface area contributed by atoms with E-state index in [1.54, 1.807) is 18.2 Å². The predicted molar refractivity (Wildman–Crippen MR) is 71.0 cm³/mol. The van der Waals surface area contributed by atoms with Crippen LogP contribution in [0.25, 0.3) is 11.0 Å². The van der Waals surface area contributed by atoms with Gasteiger partial charge in [0.05, 0.1) is 10.6 Å². The summed E-state index contributed by atoms with van der Waals surface area (Å²) in [5.74, 6) is -3.08. The molecule has 0 amide bonds. The molecule has 20 heavy (non-hydrogen) atoms. The molecule has 0 aliphatic heterocycles. The van der Waals surface area contributed by atoms with Crippen molar-refractivity contribution in [2.75, 3.05) is 0 Å². The first-order chi connectivity index (χ1) is 9.58. The van der Waals surface area contributed by atoms with Crippen molar-refractivity contribution in [1.29, 1.82) is 0 Å². The second kappa shape index (κ2) is 4.72. The van der Waals surface area contributed by atoms with Crippen LogP contribution < -0.4 is 0 Å². The highest BCUT2D eigenvalue weighted by atomic mass is 35.5. The molecule has 2 nitrogen and oxygen atoms in total. The van der Waals surface area contributed by atoms with Crippen molar-refractivity contribution in [3.05, 3.63) is 70.4 Å². The molecule has 5 heteroatoms. The molecule has 3 rings (SSSR count). The molecule has 2 aromatic carbocycles. The molecule has 1 aromatic heterocycles. The van der Waals surface area contributed by atoms with Crippen molar-refractivity contribution in [2.45, 2.75) is 0 Å². The summed E-state index contributed by atoms with van der Waals surface area (Å²) in [6.45, 7) is 0. The van der Waals surface area contributed by atoms with Gasteiger partial charge >= 0.3 is 0 Å². The normalized spacial score (nSPS) is 10.9. The standard InChI is InChI=1S/C15H7ClF2O2/c16-10-5-1-3-8-7-12(20-15(8)10)14(19)9-4-2-6-11(17)13(9)18/h1-7H. The monoisotopic (exact) mass is 292 g/mol. The maximum atomic E-state index is 13.6. The number of para-hydroxylation sites is 1. The zero-order chi connectivity index (χ0) is 14.3. The van der Waals surface area contributed by atoms with Crippen LogP contribution >= 0.6 is 11.6 Å². The second-order valence-corrected chi connectivity index (χ2v) is 4.61. The van der Waals surface area contributed by atoms with Gasteiger partial charge in [0.1, 0.15) is 0 Å². The van der Waals surface area contributed by atoms with Gasteiger partial charge in [0, 0.05) is 5.39 Å². The number of carbonyl (C=O) groups is 1. The van der Waals surface area contributed by atoms with Gasteiger partial charge in [-0.1, -0.05) is 29.8 Å². The van der Waals surface area contributed by atoms with Gasteiger partial charge in [0.15, 0.2) is 23.0 Å². The van der Waals surface area contributed by atoms with Gasteiger partial charge < -0.3 is 4.42 Å². The third-order valence-electron chi connectivity index (χ3n) is 2.92. The summed E-state index contributed by atoms with van der Waals surface area (Å²) in [7, 11) is 0. The minimum atomic E-state index is -1.19. The number of fused-ring (bicyclic) bond motifs is 1. The van der Waals surface area contributed by atoms with Crippen molar-refractivity contribution >= 4 is 28.4 Å². The Hall–Kier alpha value is -2.20. The van der Waals surface area contributed by atoms with Crippen molar-refractivity contribution in [3.8, 4) is 0 Å². The van der Waals surface area contributed by atoms with Crippen LogP contribution in [0.15, 0.2) is 46.9 Å². The van der Waals surface area contributed by atoms with Crippen molar-refractivity contribution in [3.63, 3.8) is 0 Å². The van der Waals surface area contributed by atoms with Gasteiger partial charge in [-0.05, 0) is 24.3 Å². The Labute approximate surface area is 117 Å². The van der Waals surface area contributed by atoms with E-state index in [1.165, 1.54) is 18.2 Å². The van der Waals surface area contributed by atoms with Gasteiger partial charge in [-0.2, -0.15) is 0 Å². The number of benzene rings is 2. The molecule has 0 spiro atoms. The number of carbonyl (C=O) groups excluding carboxylic acids is 1. The van der Waals surface area contributed by atoms with Gasteiger partial charge in [-0.25, -0.2) is 8.78 Å². The van der Waals surface area contributed by atoms with Gasteiger partial charge in [-0.3, -0.25) is 4.79 Å². The van der Waals surface area contributed by atoms with Crippen LogP contribution in [-0.4, -0.2) is 5.78 Å². The fourth-order valence-electron chi connectivity index (χ4n) is 1.95. The van der Waals surface area contributed by atoms with E-state index in [9.17, 15) is 13.6 Å². The summed E-state index contributed by atoms with van der Waals surface area (Å²) >= 11 is 5.94. The van der Waals surface area contributed by atoms with Crippen molar-refractivity contribution in [1.82, 2.24) is 0 Å². The number of hydrogen-bond acceptors (Lipinski definition) is 2. The topological polar surface area (TPSA) is 30.2 Å². The van der Waals surface area contributed by atoms with E-state index in [-0.39, 0.29) is 11.3 Å². The molecule has 0 unspecified atom stereocenters. The summed E-state index contributed by atoms with van der Waals surface area (Å²) in [5, 5.41) is 0.971. The van der Waals surface area contributed by atoms with Crippen LogP contribution in [0.2, 0.25) is 5.02 Å². The summed E-state index contributed by atoms with van der Waals surface area (Å²) in [6.07, 6.45) is 0. The Morgan fingerprint density at radius 1 is 1.10 bits per heavy atom. The van der Waals surface area contributed by atoms with E-state index in [0.717, 1.165) is 6.07 Å². The molecule has 0 bridgehead atoms. The van der Waals surface area contributed by atoms with E-state index in [1.807, 2.05) is 0 Å². The summed E-state index contributed by atoms with van der Waals surface area (Å²) < 4.78 is 32.1. The minimum Gasteiger partial charge on any atom is -0.451 e.